The van der Waals surface area contributed by atoms with E-state index in [1.165, 1.54) is 0 Å². The fraction of sp³-hybridized carbons (Fsp3) is 0.929. The lowest BCUT2D eigenvalue weighted by Gasteiger charge is -2.41. The van der Waals surface area contributed by atoms with Crippen LogP contribution in [0.1, 0.15) is 38.5 Å². The Kier molecular flexibility index (Phi) is 3.78. The number of rotatable bonds is 3. The first kappa shape index (κ1) is 13.3. The number of nitrogens with zero attached hydrogens (tertiary/aromatic N) is 1. The van der Waals surface area contributed by atoms with Gasteiger partial charge in [0.1, 0.15) is 6.10 Å². The molecular weight excluding hydrogens is 244 g/mol. The molecule has 0 aromatic carbocycles. The highest BCUT2D eigenvalue weighted by molar-refractivity contribution is 5.77. The molecular formula is C14H24N2O3. The monoisotopic (exact) mass is 268 g/mol. The van der Waals surface area contributed by atoms with Crippen LogP contribution in [0.3, 0.4) is 0 Å². The predicted molar refractivity (Wildman–Crippen MR) is 70.7 cm³/mol. The summed E-state index contributed by atoms with van der Waals surface area (Å²) >= 11 is 0. The molecule has 108 valence electrons. The number of carbonyl (C=O) groups is 1. The van der Waals surface area contributed by atoms with Crippen molar-refractivity contribution in [1.29, 1.82) is 0 Å². The highest BCUT2D eigenvalue weighted by Crippen LogP contribution is 2.33. The molecule has 1 saturated carbocycles. The van der Waals surface area contributed by atoms with E-state index in [2.05, 4.69) is 0 Å². The van der Waals surface area contributed by atoms with Crippen molar-refractivity contribution in [2.24, 2.45) is 5.73 Å². The molecule has 1 amide bonds. The molecule has 0 bridgehead atoms. The van der Waals surface area contributed by atoms with Crippen LogP contribution in [-0.2, 0) is 14.3 Å². The van der Waals surface area contributed by atoms with Gasteiger partial charge in [-0.3, -0.25) is 4.79 Å². The van der Waals surface area contributed by atoms with Gasteiger partial charge in [-0.2, -0.15) is 0 Å². The van der Waals surface area contributed by atoms with Crippen LogP contribution in [0, 0.1) is 0 Å². The van der Waals surface area contributed by atoms with Gasteiger partial charge in [-0.05, 0) is 32.1 Å². The standard InChI is InChI=1S/C14H24N2O3/c15-14(4-2-5-14)9-13(17)16-6-8-19-12(10-16)11-3-1-7-18-11/h11-12H,1-10,15H2/t11-,12+/m1/s1. The second-order valence-electron chi connectivity index (χ2n) is 6.19. The third-order valence-corrected chi connectivity index (χ3v) is 4.68. The fourth-order valence-electron chi connectivity index (χ4n) is 3.24. The molecule has 2 heterocycles. The molecule has 2 N–H and O–H groups in total. The van der Waals surface area contributed by atoms with Crippen molar-refractivity contribution in [2.75, 3.05) is 26.3 Å². The van der Waals surface area contributed by atoms with Crippen molar-refractivity contribution in [2.45, 2.75) is 56.3 Å². The van der Waals surface area contributed by atoms with Crippen LogP contribution >= 0.6 is 0 Å². The summed E-state index contributed by atoms with van der Waals surface area (Å²) in [6.07, 6.45) is 5.99. The van der Waals surface area contributed by atoms with E-state index >= 15 is 0 Å². The predicted octanol–water partition coefficient (Wildman–Crippen LogP) is 0.664. The Bertz CT molecular complexity index is 338. The summed E-state index contributed by atoms with van der Waals surface area (Å²) in [5.41, 5.74) is 5.94. The minimum Gasteiger partial charge on any atom is -0.375 e. The van der Waals surface area contributed by atoms with E-state index in [4.69, 9.17) is 15.2 Å². The van der Waals surface area contributed by atoms with E-state index < -0.39 is 0 Å². The molecule has 19 heavy (non-hydrogen) atoms. The Hall–Kier alpha value is -0.650. The lowest BCUT2D eigenvalue weighted by atomic mass is 9.75. The number of carbonyl (C=O) groups excluding carboxylic acids is 1. The third-order valence-electron chi connectivity index (χ3n) is 4.68. The van der Waals surface area contributed by atoms with Crippen molar-refractivity contribution < 1.29 is 14.3 Å². The maximum Gasteiger partial charge on any atom is 0.224 e. The van der Waals surface area contributed by atoms with Gasteiger partial charge in [0.05, 0.1) is 12.7 Å². The van der Waals surface area contributed by atoms with Crippen LogP contribution in [0.25, 0.3) is 0 Å². The van der Waals surface area contributed by atoms with Crippen molar-refractivity contribution >= 4 is 5.91 Å². The Morgan fingerprint density at radius 3 is 2.63 bits per heavy atom. The van der Waals surface area contributed by atoms with Gasteiger partial charge in [0, 0.05) is 31.7 Å². The Balaban J connectivity index is 1.53. The summed E-state index contributed by atoms with van der Waals surface area (Å²) in [4.78, 5) is 14.2. The van der Waals surface area contributed by atoms with Gasteiger partial charge in [-0.25, -0.2) is 0 Å². The number of hydrogen-bond donors (Lipinski definition) is 1. The Labute approximate surface area is 114 Å². The van der Waals surface area contributed by atoms with Crippen LogP contribution in [-0.4, -0.2) is 54.9 Å². The number of ether oxygens (including phenoxy) is 2. The molecule has 3 rings (SSSR count). The first-order valence-corrected chi connectivity index (χ1v) is 7.46. The zero-order chi connectivity index (χ0) is 13.3. The molecule has 3 fully saturated rings. The number of hydrogen-bond acceptors (Lipinski definition) is 4. The molecule has 0 aromatic heterocycles. The van der Waals surface area contributed by atoms with Crippen LogP contribution < -0.4 is 5.73 Å². The van der Waals surface area contributed by atoms with Gasteiger partial charge in [-0.15, -0.1) is 0 Å². The highest BCUT2D eigenvalue weighted by atomic mass is 16.5. The van der Waals surface area contributed by atoms with Gasteiger partial charge in [0.25, 0.3) is 0 Å². The average Bonchev–Trinajstić information content (AvgIpc) is 2.91. The molecule has 5 nitrogen and oxygen atoms in total. The van der Waals surface area contributed by atoms with Crippen LogP contribution in [0.15, 0.2) is 0 Å². The van der Waals surface area contributed by atoms with Gasteiger partial charge >= 0.3 is 0 Å². The molecule has 3 aliphatic rings. The average molecular weight is 268 g/mol. The SMILES string of the molecule is NC1(CC(=O)N2CCO[C@H]([C@H]3CCCO3)C2)CCC1. The number of nitrogens with two attached hydrogens (primary N) is 1. The van der Waals surface area contributed by atoms with Gasteiger partial charge in [0.15, 0.2) is 0 Å². The zero-order valence-electron chi connectivity index (χ0n) is 11.5. The summed E-state index contributed by atoms with van der Waals surface area (Å²) < 4.78 is 11.4. The van der Waals surface area contributed by atoms with Crippen LogP contribution in [0.2, 0.25) is 0 Å². The van der Waals surface area contributed by atoms with Crippen molar-refractivity contribution in [3.05, 3.63) is 0 Å². The lowest BCUT2D eigenvalue weighted by Crippen LogP contribution is -2.54. The Morgan fingerprint density at radius 2 is 2.00 bits per heavy atom. The minimum absolute atomic E-state index is 0.0512. The molecule has 2 atom stereocenters. The maximum atomic E-state index is 12.3. The molecule has 1 aliphatic carbocycles. The largest absolute Gasteiger partial charge is 0.375 e. The topological polar surface area (TPSA) is 64.8 Å². The molecule has 0 unspecified atom stereocenters. The van der Waals surface area contributed by atoms with Gasteiger partial charge < -0.3 is 20.1 Å². The van der Waals surface area contributed by atoms with E-state index in [-0.39, 0.29) is 23.7 Å². The van der Waals surface area contributed by atoms with E-state index in [1.807, 2.05) is 4.90 Å². The smallest absolute Gasteiger partial charge is 0.224 e. The summed E-state index contributed by atoms with van der Waals surface area (Å²) in [5, 5.41) is 0. The molecule has 2 aliphatic heterocycles. The minimum atomic E-state index is -0.227. The van der Waals surface area contributed by atoms with Crippen molar-refractivity contribution in [3.8, 4) is 0 Å². The van der Waals surface area contributed by atoms with Crippen LogP contribution in [0.5, 0.6) is 0 Å². The summed E-state index contributed by atoms with van der Waals surface area (Å²) in [6.45, 7) is 2.80. The molecule has 0 aromatic rings. The quantitative estimate of drug-likeness (QED) is 0.817. The summed E-state index contributed by atoms with van der Waals surface area (Å²) in [6, 6.07) is 0. The fourth-order valence-corrected chi connectivity index (χ4v) is 3.24. The second-order valence-corrected chi connectivity index (χ2v) is 6.19. The van der Waals surface area contributed by atoms with E-state index in [9.17, 15) is 4.79 Å². The molecule has 0 radical (unpaired) electrons. The van der Waals surface area contributed by atoms with E-state index in [0.717, 1.165) is 38.7 Å². The van der Waals surface area contributed by atoms with Gasteiger partial charge in [-0.1, -0.05) is 0 Å². The van der Waals surface area contributed by atoms with E-state index in [0.29, 0.717) is 26.1 Å². The zero-order valence-corrected chi connectivity index (χ0v) is 11.5. The molecule has 5 heteroatoms. The number of amides is 1. The highest BCUT2D eigenvalue weighted by Gasteiger charge is 2.38. The van der Waals surface area contributed by atoms with Crippen molar-refractivity contribution in [1.82, 2.24) is 4.90 Å². The first-order chi connectivity index (χ1) is 9.16. The normalized spacial score (nSPS) is 34.1. The lowest BCUT2D eigenvalue weighted by molar-refractivity contribution is -0.146. The molecule has 0 spiro atoms. The molecule has 2 saturated heterocycles. The number of morpholine rings is 1. The third kappa shape index (κ3) is 2.93. The second kappa shape index (κ2) is 5.38. The van der Waals surface area contributed by atoms with E-state index in [1.54, 1.807) is 0 Å². The van der Waals surface area contributed by atoms with Crippen molar-refractivity contribution in [3.63, 3.8) is 0 Å². The summed E-state index contributed by atoms with van der Waals surface area (Å²) in [7, 11) is 0. The first-order valence-electron chi connectivity index (χ1n) is 7.46. The van der Waals surface area contributed by atoms with Gasteiger partial charge in [0.2, 0.25) is 5.91 Å². The maximum absolute atomic E-state index is 12.3. The summed E-state index contributed by atoms with van der Waals surface area (Å²) in [5.74, 6) is 0.188. The Morgan fingerprint density at radius 1 is 1.21 bits per heavy atom. The van der Waals surface area contributed by atoms with Crippen LogP contribution in [0.4, 0.5) is 0 Å².